The molecule has 3 N–H and O–H groups in total. The number of benzene rings is 3. The Bertz CT molecular complexity index is 1360. The molecular formula is C25H20Cl4N2O4S. The van der Waals surface area contributed by atoms with Crippen LogP contribution in [0.1, 0.15) is 38.8 Å². The predicted octanol–water partition coefficient (Wildman–Crippen LogP) is 7.99. The standard InChI is InChI=1S/C25H20Cl4N2O4S/c1-11-6-4-7-12(2)22(11)31-23(32)13(3)36-15-9-5-8-14(10-15)30-24(33)16-17(25(34)35)19(27)21(29)20(28)18(16)26/h4-10,13H,1-3H3,(H,30,33)(H,31,32)(H,34,35). The van der Waals surface area contributed by atoms with Crippen LogP contribution in [-0.2, 0) is 4.79 Å². The number of thioether (sulfide) groups is 1. The summed E-state index contributed by atoms with van der Waals surface area (Å²) in [6.07, 6.45) is 0. The van der Waals surface area contributed by atoms with E-state index in [9.17, 15) is 19.5 Å². The lowest BCUT2D eigenvalue weighted by Crippen LogP contribution is -2.23. The Hall–Kier alpha value is -2.42. The van der Waals surface area contributed by atoms with Crippen LogP contribution >= 0.6 is 58.2 Å². The number of carbonyl (C=O) groups excluding carboxylic acids is 2. The first-order chi connectivity index (χ1) is 16.9. The van der Waals surface area contributed by atoms with Gasteiger partial charge in [-0.15, -0.1) is 11.8 Å². The van der Waals surface area contributed by atoms with Gasteiger partial charge in [0.25, 0.3) is 5.91 Å². The third-order valence-corrected chi connectivity index (χ3v) is 8.11. The minimum atomic E-state index is -1.49. The van der Waals surface area contributed by atoms with Crippen molar-refractivity contribution in [2.24, 2.45) is 0 Å². The zero-order valence-electron chi connectivity index (χ0n) is 19.2. The highest BCUT2D eigenvalue weighted by atomic mass is 35.5. The molecule has 0 aliphatic rings. The molecule has 0 aliphatic carbocycles. The van der Waals surface area contributed by atoms with Gasteiger partial charge >= 0.3 is 5.97 Å². The van der Waals surface area contributed by atoms with Gasteiger partial charge in [-0.05, 0) is 50.1 Å². The molecule has 0 saturated heterocycles. The van der Waals surface area contributed by atoms with Crippen LogP contribution in [0.15, 0.2) is 47.4 Å². The molecule has 3 aromatic carbocycles. The fraction of sp³-hybridized carbons (Fsp3) is 0.160. The zero-order chi connectivity index (χ0) is 26.7. The van der Waals surface area contributed by atoms with Gasteiger partial charge in [0.05, 0.1) is 36.5 Å². The number of aromatic carboxylic acids is 1. The largest absolute Gasteiger partial charge is 0.478 e. The van der Waals surface area contributed by atoms with E-state index in [-0.39, 0.29) is 21.0 Å². The van der Waals surface area contributed by atoms with E-state index < -0.39 is 33.3 Å². The SMILES string of the molecule is Cc1cccc(C)c1NC(=O)C(C)Sc1cccc(NC(=O)c2c(Cl)c(Cl)c(Cl)c(Cl)c2C(=O)O)c1. The lowest BCUT2D eigenvalue weighted by molar-refractivity contribution is -0.115. The fourth-order valence-corrected chi connectivity index (χ4v) is 5.33. The molecule has 0 fully saturated rings. The molecule has 1 atom stereocenters. The van der Waals surface area contributed by atoms with Crippen molar-refractivity contribution in [2.75, 3.05) is 10.6 Å². The van der Waals surface area contributed by atoms with Crippen molar-refractivity contribution in [1.82, 2.24) is 0 Å². The van der Waals surface area contributed by atoms with Crippen LogP contribution in [0.3, 0.4) is 0 Å². The van der Waals surface area contributed by atoms with Gasteiger partial charge in [-0.2, -0.15) is 0 Å². The van der Waals surface area contributed by atoms with Crippen molar-refractivity contribution in [3.05, 3.63) is 84.8 Å². The molecule has 188 valence electrons. The van der Waals surface area contributed by atoms with Crippen molar-refractivity contribution in [3.8, 4) is 0 Å². The normalized spacial score (nSPS) is 11.6. The summed E-state index contributed by atoms with van der Waals surface area (Å²) in [5.74, 6) is -2.49. The first-order valence-corrected chi connectivity index (χ1v) is 12.9. The second-order valence-corrected chi connectivity index (χ2v) is 10.7. The van der Waals surface area contributed by atoms with Crippen LogP contribution in [-0.4, -0.2) is 28.1 Å². The van der Waals surface area contributed by atoms with E-state index in [1.807, 2.05) is 32.0 Å². The van der Waals surface area contributed by atoms with E-state index in [2.05, 4.69) is 10.6 Å². The minimum absolute atomic E-state index is 0.171. The molecular weight excluding hydrogens is 566 g/mol. The Kier molecular flexibility index (Phi) is 9.19. The van der Waals surface area contributed by atoms with E-state index in [1.54, 1.807) is 31.2 Å². The predicted molar refractivity (Wildman–Crippen MR) is 148 cm³/mol. The van der Waals surface area contributed by atoms with E-state index in [0.717, 1.165) is 16.8 Å². The molecule has 11 heteroatoms. The second kappa shape index (κ2) is 11.8. The number of carboxylic acid groups (broad SMARTS) is 1. The molecule has 0 aromatic heterocycles. The lowest BCUT2D eigenvalue weighted by Gasteiger charge is -2.16. The van der Waals surface area contributed by atoms with E-state index in [0.29, 0.717) is 10.6 Å². The number of rotatable bonds is 7. The van der Waals surface area contributed by atoms with Crippen molar-refractivity contribution in [2.45, 2.75) is 30.9 Å². The van der Waals surface area contributed by atoms with Crippen LogP contribution in [0.2, 0.25) is 20.1 Å². The van der Waals surface area contributed by atoms with Gasteiger partial charge in [0, 0.05) is 16.3 Å². The van der Waals surface area contributed by atoms with Gasteiger partial charge < -0.3 is 15.7 Å². The average molecular weight is 586 g/mol. The number of nitrogens with one attached hydrogen (secondary N) is 2. The highest BCUT2D eigenvalue weighted by Gasteiger charge is 2.29. The molecule has 0 spiro atoms. The summed E-state index contributed by atoms with van der Waals surface area (Å²) in [5.41, 5.74) is 2.09. The summed E-state index contributed by atoms with van der Waals surface area (Å²) in [7, 11) is 0. The topological polar surface area (TPSA) is 95.5 Å². The van der Waals surface area contributed by atoms with Crippen molar-refractivity contribution in [1.29, 1.82) is 0 Å². The Balaban J connectivity index is 1.80. The minimum Gasteiger partial charge on any atom is -0.478 e. The number of hydrogen-bond donors (Lipinski definition) is 3. The van der Waals surface area contributed by atoms with Gasteiger partial charge in [-0.25, -0.2) is 4.79 Å². The van der Waals surface area contributed by atoms with Crippen LogP contribution in [0.5, 0.6) is 0 Å². The van der Waals surface area contributed by atoms with Crippen LogP contribution in [0, 0.1) is 13.8 Å². The van der Waals surface area contributed by atoms with Gasteiger partial charge in [-0.1, -0.05) is 70.7 Å². The number of carboxylic acids is 1. The van der Waals surface area contributed by atoms with Crippen LogP contribution in [0.25, 0.3) is 0 Å². The van der Waals surface area contributed by atoms with Crippen LogP contribution in [0.4, 0.5) is 11.4 Å². The monoisotopic (exact) mass is 584 g/mol. The third kappa shape index (κ3) is 6.10. The maximum atomic E-state index is 13.0. The Morgan fingerprint density at radius 2 is 1.39 bits per heavy atom. The van der Waals surface area contributed by atoms with E-state index >= 15 is 0 Å². The van der Waals surface area contributed by atoms with Crippen LogP contribution < -0.4 is 10.6 Å². The summed E-state index contributed by atoms with van der Waals surface area (Å²) in [4.78, 5) is 38.2. The number of amides is 2. The maximum Gasteiger partial charge on any atom is 0.338 e. The van der Waals surface area contributed by atoms with Gasteiger partial charge in [0.2, 0.25) is 5.91 Å². The molecule has 1 unspecified atom stereocenters. The van der Waals surface area contributed by atoms with Crippen molar-refractivity contribution >= 4 is 87.3 Å². The quantitative estimate of drug-likeness (QED) is 0.148. The highest BCUT2D eigenvalue weighted by molar-refractivity contribution is 8.00. The first-order valence-electron chi connectivity index (χ1n) is 10.5. The summed E-state index contributed by atoms with van der Waals surface area (Å²) in [6.45, 7) is 5.63. The Morgan fingerprint density at radius 1 is 0.833 bits per heavy atom. The molecule has 3 rings (SSSR count). The molecule has 36 heavy (non-hydrogen) atoms. The molecule has 2 amide bonds. The molecule has 0 aliphatic heterocycles. The van der Waals surface area contributed by atoms with Crippen molar-refractivity contribution in [3.63, 3.8) is 0 Å². The molecule has 0 radical (unpaired) electrons. The summed E-state index contributed by atoms with van der Waals surface area (Å²) in [5, 5.41) is 13.5. The maximum absolute atomic E-state index is 13.0. The molecule has 3 aromatic rings. The summed E-state index contributed by atoms with van der Waals surface area (Å²) in [6, 6.07) is 12.5. The average Bonchev–Trinajstić information content (AvgIpc) is 2.82. The molecule has 0 bridgehead atoms. The molecule has 0 saturated carbocycles. The lowest BCUT2D eigenvalue weighted by atomic mass is 10.1. The number of aryl methyl sites for hydroxylation is 2. The fourth-order valence-electron chi connectivity index (χ4n) is 3.38. The van der Waals surface area contributed by atoms with Crippen molar-refractivity contribution < 1.29 is 19.5 Å². The smallest absolute Gasteiger partial charge is 0.338 e. The molecule has 6 nitrogen and oxygen atoms in total. The summed E-state index contributed by atoms with van der Waals surface area (Å²) >= 11 is 25.5. The molecule has 0 heterocycles. The number of anilines is 2. The van der Waals surface area contributed by atoms with E-state index in [1.165, 1.54) is 11.8 Å². The number of hydrogen-bond acceptors (Lipinski definition) is 4. The third-order valence-electron chi connectivity index (χ3n) is 5.21. The number of para-hydroxylation sites is 1. The van der Waals surface area contributed by atoms with Gasteiger partial charge in [0.1, 0.15) is 0 Å². The highest BCUT2D eigenvalue weighted by Crippen LogP contribution is 2.42. The first kappa shape index (κ1) is 28.2. The number of carbonyl (C=O) groups is 3. The number of halogens is 4. The van der Waals surface area contributed by atoms with Gasteiger partial charge in [-0.3, -0.25) is 9.59 Å². The second-order valence-electron chi connectivity index (χ2n) is 7.81. The summed E-state index contributed by atoms with van der Waals surface area (Å²) < 4.78 is 0. The zero-order valence-corrected chi connectivity index (χ0v) is 23.1. The Labute approximate surface area is 232 Å². The Morgan fingerprint density at radius 3 is 1.97 bits per heavy atom. The van der Waals surface area contributed by atoms with E-state index in [4.69, 9.17) is 46.4 Å². The van der Waals surface area contributed by atoms with Gasteiger partial charge in [0.15, 0.2) is 0 Å².